The van der Waals surface area contributed by atoms with Crippen LogP contribution in [0.5, 0.6) is 17.2 Å². The van der Waals surface area contributed by atoms with E-state index in [2.05, 4.69) is 38.8 Å². The van der Waals surface area contributed by atoms with Gasteiger partial charge in [-0.1, -0.05) is 60.9 Å². The number of aromatic amines is 1. The highest BCUT2D eigenvalue weighted by Gasteiger charge is 2.16. The zero-order valence-electron chi connectivity index (χ0n) is 21.4. The second kappa shape index (κ2) is 13.4. The van der Waals surface area contributed by atoms with Gasteiger partial charge in [0.1, 0.15) is 19.0 Å². The highest BCUT2D eigenvalue weighted by molar-refractivity contribution is 5.88. The van der Waals surface area contributed by atoms with Crippen LogP contribution in [0.3, 0.4) is 0 Å². The Kier molecular flexibility index (Phi) is 10.0. The summed E-state index contributed by atoms with van der Waals surface area (Å²) in [4.78, 5) is 15.9. The second-order valence-electron chi connectivity index (χ2n) is 8.98. The first-order valence-corrected chi connectivity index (χ1v) is 12.4. The number of nitrogens with one attached hydrogen (secondary N) is 1. The van der Waals surface area contributed by atoms with E-state index in [1.807, 2.05) is 54.6 Å². The van der Waals surface area contributed by atoms with E-state index in [1.165, 1.54) is 11.1 Å². The van der Waals surface area contributed by atoms with Crippen molar-refractivity contribution in [1.29, 1.82) is 0 Å². The molecule has 0 spiro atoms. The second-order valence-corrected chi connectivity index (χ2v) is 8.98. The molecule has 3 aromatic rings. The lowest BCUT2D eigenvalue weighted by Gasteiger charge is -2.15. The fourth-order valence-electron chi connectivity index (χ4n) is 3.61. The number of unbranched alkanes of at least 4 members (excludes halogenated alkanes) is 1. The van der Waals surface area contributed by atoms with E-state index < -0.39 is 0 Å². The average molecular weight is 476 g/mol. The number of aromatic nitrogens is 1. The van der Waals surface area contributed by atoms with Crippen LogP contribution in [0, 0.1) is 0 Å². The number of rotatable bonds is 13. The number of H-pyrrole nitrogens is 1. The number of hydrogen-bond donors (Lipinski definition) is 1. The molecule has 186 valence electrons. The summed E-state index contributed by atoms with van der Waals surface area (Å²) in [5.74, 6) is 1.39. The number of hydrogen-bond acceptors (Lipinski definition) is 4. The van der Waals surface area contributed by atoms with Gasteiger partial charge >= 0.3 is 0 Å². The Morgan fingerprint density at radius 3 is 2.49 bits per heavy atom. The molecule has 3 rings (SSSR count). The summed E-state index contributed by atoms with van der Waals surface area (Å²) in [5, 5.41) is 0.798. The molecule has 1 aromatic heterocycles. The van der Waals surface area contributed by atoms with Gasteiger partial charge in [-0.05, 0) is 63.8 Å². The largest absolute Gasteiger partial charge is 0.489 e. The predicted molar refractivity (Wildman–Crippen MR) is 144 cm³/mol. The lowest BCUT2D eigenvalue weighted by atomic mass is 10.1. The SMILES string of the molecule is CCCCOc1c(OC/C=C(\C)CCC=C(C)C)c(=O)[nH]c2cc(OCc3ccccc3)ccc12. The minimum Gasteiger partial charge on any atom is -0.489 e. The highest BCUT2D eigenvalue weighted by Crippen LogP contribution is 2.34. The zero-order chi connectivity index (χ0) is 25.0. The smallest absolute Gasteiger partial charge is 0.294 e. The molecule has 0 fully saturated rings. The van der Waals surface area contributed by atoms with Crippen molar-refractivity contribution in [3.63, 3.8) is 0 Å². The van der Waals surface area contributed by atoms with E-state index in [0.29, 0.717) is 36.8 Å². The van der Waals surface area contributed by atoms with Gasteiger partial charge in [-0.15, -0.1) is 0 Å². The van der Waals surface area contributed by atoms with E-state index in [-0.39, 0.29) is 11.3 Å². The van der Waals surface area contributed by atoms with Crippen molar-refractivity contribution in [2.75, 3.05) is 13.2 Å². The van der Waals surface area contributed by atoms with Gasteiger partial charge in [0.05, 0.1) is 12.1 Å². The number of pyridine rings is 1. The first-order chi connectivity index (χ1) is 17.0. The Morgan fingerprint density at radius 1 is 0.943 bits per heavy atom. The maximum atomic E-state index is 13.0. The normalized spacial score (nSPS) is 11.4. The third-order valence-electron chi connectivity index (χ3n) is 5.64. The average Bonchev–Trinajstić information content (AvgIpc) is 2.84. The number of allylic oxidation sites excluding steroid dienone is 3. The number of fused-ring (bicyclic) bond motifs is 1. The number of benzene rings is 2. The molecule has 1 heterocycles. The molecule has 0 aliphatic heterocycles. The molecule has 35 heavy (non-hydrogen) atoms. The fourth-order valence-corrected chi connectivity index (χ4v) is 3.61. The first kappa shape index (κ1) is 26.1. The Labute approximate surface area is 208 Å². The summed E-state index contributed by atoms with van der Waals surface area (Å²) in [6, 6.07) is 15.6. The van der Waals surface area contributed by atoms with Gasteiger partial charge in [0, 0.05) is 11.5 Å². The van der Waals surface area contributed by atoms with Crippen molar-refractivity contribution in [3.05, 3.63) is 87.7 Å². The van der Waals surface area contributed by atoms with Crippen molar-refractivity contribution in [2.45, 2.75) is 60.0 Å². The lowest BCUT2D eigenvalue weighted by molar-refractivity contribution is 0.279. The molecular weight excluding hydrogens is 438 g/mol. The van der Waals surface area contributed by atoms with Crippen molar-refractivity contribution in [1.82, 2.24) is 4.98 Å². The molecular formula is C30H37NO4. The van der Waals surface area contributed by atoms with Gasteiger partial charge in [0.2, 0.25) is 5.75 Å². The molecule has 5 heteroatoms. The van der Waals surface area contributed by atoms with Crippen molar-refractivity contribution in [2.24, 2.45) is 0 Å². The summed E-state index contributed by atoms with van der Waals surface area (Å²) in [6.45, 7) is 9.70. The maximum Gasteiger partial charge on any atom is 0.294 e. The lowest BCUT2D eigenvalue weighted by Crippen LogP contribution is -2.14. The monoisotopic (exact) mass is 475 g/mol. The van der Waals surface area contributed by atoms with Crippen LogP contribution in [0.2, 0.25) is 0 Å². The van der Waals surface area contributed by atoms with Crippen LogP contribution in [0.15, 0.2) is 76.6 Å². The van der Waals surface area contributed by atoms with Crippen LogP contribution in [-0.2, 0) is 6.61 Å². The van der Waals surface area contributed by atoms with E-state index in [9.17, 15) is 4.79 Å². The molecule has 0 aliphatic carbocycles. The third-order valence-corrected chi connectivity index (χ3v) is 5.64. The standard InChI is InChI=1S/C30H37NO4/c1-5-6-18-33-28-26-16-15-25(35-21-24-13-8-7-9-14-24)20-27(26)31-30(32)29(28)34-19-17-23(4)12-10-11-22(2)3/h7-9,11,13-17,20H,5-6,10,12,18-19,21H2,1-4H3,(H,31,32)/b23-17+. The molecule has 2 aromatic carbocycles. The van der Waals surface area contributed by atoms with E-state index in [1.54, 1.807) is 0 Å². The van der Waals surface area contributed by atoms with Gasteiger partial charge in [0.25, 0.3) is 5.56 Å². The maximum absolute atomic E-state index is 13.0. The summed E-state index contributed by atoms with van der Waals surface area (Å²) in [6.07, 6.45) is 8.12. The first-order valence-electron chi connectivity index (χ1n) is 12.4. The summed E-state index contributed by atoms with van der Waals surface area (Å²) in [7, 11) is 0. The van der Waals surface area contributed by atoms with Crippen LogP contribution in [0.25, 0.3) is 10.9 Å². The minimum atomic E-state index is -0.306. The third kappa shape index (κ3) is 8.06. The Hall–Kier alpha value is -3.47. The van der Waals surface area contributed by atoms with Crippen LogP contribution >= 0.6 is 0 Å². The Morgan fingerprint density at radius 2 is 1.74 bits per heavy atom. The minimum absolute atomic E-state index is 0.222. The molecule has 0 saturated carbocycles. The van der Waals surface area contributed by atoms with E-state index in [0.717, 1.165) is 36.6 Å². The summed E-state index contributed by atoms with van der Waals surface area (Å²) >= 11 is 0. The van der Waals surface area contributed by atoms with Crippen LogP contribution in [0.1, 0.15) is 58.9 Å². The van der Waals surface area contributed by atoms with Gasteiger partial charge in [-0.25, -0.2) is 0 Å². The Bertz CT molecular complexity index is 1200. The van der Waals surface area contributed by atoms with Gasteiger partial charge in [-0.3, -0.25) is 4.79 Å². The molecule has 5 nitrogen and oxygen atoms in total. The summed E-state index contributed by atoms with van der Waals surface area (Å²) < 4.78 is 18.0. The van der Waals surface area contributed by atoms with Crippen molar-refractivity contribution in [3.8, 4) is 17.2 Å². The molecule has 0 saturated heterocycles. The molecule has 0 amide bonds. The zero-order valence-corrected chi connectivity index (χ0v) is 21.4. The topological polar surface area (TPSA) is 60.5 Å². The van der Waals surface area contributed by atoms with Crippen LogP contribution < -0.4 is 19.8 Å². The molecule has 0 atom stereocenters. The number of ether oxygens (including phenoxy) is 3. The van der Waals surface area contributed by atoms with Gasteiger partial charge in [0.15, 0.2) is 5.75 Å². The highest BCUT2D eigenvalue weighted by atomic mass is 16.5. The van der Waals surface area contributed by atoms with Crippen molar-refractivity contribution >= 4 is 10.9 Å². The molecule has 0 radical (unpaired) electrons. The van der Waals surface area contributed by atoms with E-state index >= 15 is 0 Å². The molecule has 0 bridgehead atoms. The quantitative estimate of drug-likeness (QED) is 0.207. The Balaban J connectivity index is 1.80. The molecule has 0 unspecified atom stereocenters. The van der Waals surface area contributed by atoms with Gasteiger partial charge in [-0.2, -0.15) is 0 Å². The predicted octanol–water partition coefficient (Wildman–Crippen LogP) is 7.36. The summed E-state index contributed by atoms with van der Waals surface area (Å²) in [5.41, 5.74) is 3.98. The van der Waals surface area contributed by atoms with Gasteiger partial charge < -0.3 is 19.2 Å². The van der Waals surface area contributed by atoms with Crippen LogP contribution in [0.4, 0.5) is 0 Å². The molecule has 1 N–H and O–H groups in total. The van der Waals surface area contributed by atoms with E-state index in [4.69, 9.17) is 14.2 Å². The van der Waals surface area contributed by atoms with Crippen LogP contribution in [-0.4, -0.2) is 18.2 Å². The van der Waals surface area contributed by atoms with Crippen molar-refractivity contribution < 1.29 is 14.2 Å². The fraction of sp³-hybridized carbons (Fsp3) is 0.367. The molecule has 0 aliphatic rings.